The Kier molecular flexibility index (Phi) is 5.57. The number of hydrogen-bond acceptors (Lipinski definition) is 5. The summed E-state index contributed by atoms with van der Waals surface area (Å²) in [7, 11) is 5.28. The summed E-state index contributed by atoms with van der Waals surface area (Å²) >= 11 is 0. The molecule has 6 heteroatoms. The van der Waals surface area contributed by atoms with Crippen molar-refractivity contribution in [3.63, 3.8) is 0 Å². The topological polar surface area (TPSA) is 63.7 Å². The number of aromatic nitrogens is 1. The van der Waals surface area contributed by atoms with E-state index in [4.69, 9.17) is 9.47 Å². The molecule has 1 N–H and O–H groups in total. The first-order valence-electron chi connectivity index (χ1n) is 6.07. The van der Waals surface area contributed by atoms with Gasteiger partial charge in [0.1, 0.15) is 12.3 Å². The van der Waals surface area contributed by atoms with E-state index < -0.39 is 0 Å². The number of nitrogens with one attached hydrogen (secondary N) is 1. The van der Waals surface area contributed by atoms with Crippen LogP contribution in [0.3, 0.4) is 0 Å². The Bertz CT molecular complexity index is 433. The number of amides is 1. The third-order valence-electron chi connectivity index (χ3n) is 2.38. The van der Waals surface area contributed by atoms with Gasteiger partial charge in [-0.3, -0.25) is 4.79 Å². The van der Waals surface area contributed by atoms with Crippen molar-refractivity contribution in [2.45, 2.75) is 20.0 Å². The second-order valence-corrected chi connectivity index (χ2v) is 4.52. The van der Waals surface area contributed by atoms with Crippen molar-refractivity contribution in [1.82, 2.24) is 4.98 Å². The Hall–Kier alpha value is -1.82. The third kappa shape index (κ3) is 4.40. The Morgan fingerprint density at radius 3 is 2.68 bits per heavy atom. The summed E-state index contributed by atoms with van der Waals surface area (Å²) < 4.78 is 10.4. The number of methoxy groups -OCH3 is 1. The number of anilines is 2. The van der Waals surface area contributed by atoms with E-state index in [2.05, 4.69) is 10.3 Å². The van der Waals surface area contributed by atoms with Crippen LogP contribution in [-0.4, -0.2) is 44.8 Å². The van der Waals surface area contributed by atoms with Gasteiger partial charge in [-0.05, 0) is 19.9 Å². The second-order valence-electron chi connectivity index (χ2n) is 4.52. The van der Waals surface area contributed by atoms with Gasteiger partial charge in [0.2, 0.25) is 5.88 Å². The Morgan fingerprint density at radius 1 is 1.47 bits per heavy atom. The fourth-order valence-corrected chi connectivity index (χ4v) is 1.50. The summed E-state index contributed by atoms with van der Waals surface area (Å²) in [4.78, 5) is 17.8. The van der Waals surface area contributed by atoms with Crippen molar-refractivity contribution in [2.75, 3.05) is 38.0 Å². The minimum Gasteiger partial charge on any atom is -0.479 e. The summed E-state index contributed by atoms with van der Waals surface area (Å²) in [5.41, 5.74) is 1.37. The zero-order valence-corrected chi connectivity index (χ0v) is 12.1. The Morgan fingerprint density at radius 2 is 2.16 bits per heavy atom. The van der Waals surface area contributed by atoms with Gasteiger partial charge in [0, 0.05) is 20.3 Å². The standard InChI is InChI=1S/C13H21N3O3/c1-9(2)19-8-11(17)15-12-10(16(3)4)6-7-14-13(12)18-5/h6-7,9H,8H2,1-5H3,(H,15,17). The fraction of sp³-hybridized carbons (Fsp3) is 0.538. The van der Waals surface area contributed by atoms with Gasteiger partial charge in [-0.1, -0.05) is 0 Å². The molecule has 0 aliphatic carbocycles. The van der Waals surface area contributed by atoms with Gasteiger partial charge in [-0.25, -0.2) is 4.98 Å². The zero-order chi connectivity index (χ0) is 14.4. The fourth-order valence-electron chi connectivity index (χ4n) is 1.50. The summed E-state index contributed by atoms with van der Waals surface area (Å²) in [5.74, 6) is 0.146. The second kappa shape index (κ2) is 6.94. The normalized spacial score (nSPS) is 10.4. The van der Waals surface area contributed by atoms with Crippen molar-refractivity contribution in [2.24, 2.45) is 0 Å². The minimum atomic E-state index is -0.233. The van der Waals surface area contributed by atoms with E-state index in [9.17, 15) is 4.79 Å². The van der Waals surface area contributed by atoms with Crippen molar-refractivity contribution in [1.29, 1.82) is 0 Å². The molecule has 0 radical (unpaired) electrons. The van der Waals surface area contributed by atoms with Gasteiger partial charge in [0.15, 0.2) is 0 Å². The van der Waals surface area contributed by atoms with Crippen LogP contribution in [0.15, 0.2) is 12.3 Å². The van der Waals surface area contributed by atoms with Gasteiger partial charge in [0.05, 0.1) is 18.9 Å². The molecule has 19 heavy (non-hydrogen) atoms. The van der Waals surface area contributed by atoms with Crippen molar-refractivity contribution >= 4 is 17.3 Å². The highest BCUT2D eigenvalue weighted by atomic mass is 16.5. The number of ether oxygens (including phenoxy) is 2. The average molecular weight is 267 g/mol. The molecule has 0 unspecified atom stereocenters. The predicted molar refractivity (Wildman–Crippen MR) is 74.8 cm³/mol. The number of rotatable bonds is 6. The van der Waals surface area contributed by atoms with Crippen molar-refractivity contribution in [3.05, 3.63) is 12.3 Å². The van der Waals surface area contributed by atoms with Gasteiger partial charge in [0.25, 0.3) is 5.91 Å². The highest BCUT2D eigenvalue weighted by molar-refractivity contribution is 5.96. The molecule has 0 aliphatic rings. The average Bonchev–Trinajstić information content (AvgIpc) is 2.36. The number of carbonyl (C=O) groups excluding carboxylic acids is 1. The predicted octanol–water partition coefficient (Wildman–Crippen LogP) is 1.52. The summed E-state index contributed by atoms with van der Waals surface area (Å²) in [6, 6.07) is 1.81. The molecule has 1 rings (SSSR count). The molecule has 1 aromatic rings. The number of pyridine rings is 1. The monoisotopic (exact) mass is 267 g/mol. The number of carbonyl (C=O) groups is 1. The van der Waals surface area contributed by atoms with Crippen LogP contribution in [0, 0.1) is 0 Å². The summed E-state index contributed by atoms with van der Waals surface area (Å²) in [5, 5.41) is 2.77. The molecule has 0 saturated carbocycles. The molecule has 0 bridgehead atoms. The maximum Gasteiger partial charge on any atom is 0.250 e. The smallest absolute Gasteiger partial charge is 0.250 e. The van der Waals surface area contributed by atoms with E-state index in [1.54, 1.807) is 12.3 Å². The lowest BCUT2D eigenvalue weighted by atomic mass is 10.3. The molecule has 0 saturated heterocycles. The number of nitrogens with zero attached hydrogens (tertiary/aromatic N) is 2. The van der Waals surface area contributed by atoms with Crippen LogP contribution in [0.4, 0.5) is 11.4 Å². The Balaban J connectivity index is 2.88. The minimum absolute atomic E-state index is 0.00256. The van der Waals surface area contributed by atoms with E-state index in [0.717, 1.165) is 5.69 Å². The first kappa shape index (κ1) is 15.2. The van der Waals surface area contributed by atoms with Crippen LogP contribution >= 0.6 is 0 Å². The van der Waals surface area contributed by atoms with Crippen LogP contribution in [0.1, 0.15) is 13.8 Å². The van der Waals surface area contributed by atoms with E-state index in [1.165, 1.54) is 7.11 Å². The third-order valence-corrected chi connectivity index (χ3v) is 2.38. The Labute approximate surface area is 113 Å². The molecule has 6 nitrogen and oxygen atoms in total. The van der Waals surface area contributed by atoms with Gasteiger partial charge < -0.3 is 19.7 Å². The lowest BCUT2D eigenvalue weighted by Gasteiger charge is -2.19. The molecule has 0 fully saturated rings. The quantitative estimate of drug-likeness (QED) is 0.846. The van der Waals surface area contributed by atoms with Gasteiger partial charge in [-0.15, -0.1) is 0 Å². The lowest BCUT2D eigenvalue weighted by Crippen LogP contribution is -2.23. The molecule has 0 atom stereocenters. The van der Waals surface area contributed by atoms with Crippen LogP contribution in [-0.2, 0) is 9.53 Å². The van der Waals surface area contributed by atoms with Crippen LogP contribution in [0.25, 0.3) is 0 Å². The molecular formula is C13H21N3O3. The van der Waals surface area contributed by atoms with Gasteiger partial charge in [-0.2, -0.15) is 0 Å². The van der Waals surface area contributed by atoms with E-state index in [1.807, 2.05) is 32.8 Å². The maximum atomic E-state index is 11.8. The van der Waals surface area contributed by atoms with Gasteiger partial charge >= 0.3 is 0 Å². The highest BCUT2D eigenvalue weighted by Gasteiger charge is 2.15. The molecular weight excluding hydrogens is 246 g/mol. The maximum absolute atomic E-state index is 11.8. The molecule has 0 aromatic carbocycles. The molecule has 0 spiro atoms. The SMILES string of the molecule is COc1nccc(N(C)C)c1NC(=O)COC(C)C. The van der Waals surface area contributed by atoms with Crippen LogP contribution in [0.2, 0.25) is 0 Å². The first-order valence-corrected chi connectivity index (χ1v) is 6.07. The molecule has 106 valence electrons. The zero-order valence-electron chi connectivity index (χ0n) is 12.1. The van der Waals surface area contributed by atoms with Crippen molar-refractivity contribution < 1.29 is 14.3 Å². The molecule has 0 aliphatic heterocycles. The van der Waals surface area contributed by atoms with E-state index in [-0.39, 0.29) is 18.6 Å². The molecule has 1 heterocycles. The van der Waals surface area contributed by atoms with E-state index >= 15 is 0 Å². The summed E-state index contributed by atoms with van der Waals surface area (Å²) in [6.07, 6.45) is 1.64. The lowest BCUT2D eigenvalue weighted by molar-refractivity contribution is -0.121. The number of hydrogen-bond donors (Lipinski definition) is 1. The largest absolute Gasteiger partial charge is 0.479 e. The summed E-state index contributed by atoms with van der Waals surface area (Å²) in [6.45, 7) is 3.76. The highest BCUT2D eigenvalue weighted by Crippen LogP contribution is 2.31. The van der Waals surface area contributed by atoms with Crippen molar-refractivity contribution in [3.8, 4) is 5.88 Å². The molecule has 1 amide bonds. The van der Waals surface area contributed by atoms with Crippen LogP contribution in [0.5, 0.6) is 5.88 Å². The molecule has 1 aromatic heterocycles. The van der Waals surface area contributed by atoms with E-state index in [0.29, 0.717) is 11.6 Å². The first-order chi connectivity index (χ1) is 8.95. The van der Waals surface area contributed by atoms with Crippen LogP contribution < -0.4 is 15.0 Å².